The number of nitrogens with zero attached hydrogens (tertiary/aromatic N) is 6. The second-order valence-electron chi connectivity index (χ2n) is 9.56. The number of nitriles is 2. The van der Waals surface area contributed by atoms with Crippen molar-refractivity contribution in [2.75, 3.05) is 5.32 Å². The van der Waals surface area contributed by atoms with Gasteiger partial charge in [0.2, 0.25) is 5.95 Å². The van der Waals surface area contributed by atoms with Gasteiger partial charge in [0.05, 0.1) is 24.1 Å². The lowest BCUT2D eigenvalue weighted by molar-refractivity contribution is -0.0665. The highest BCUT2D eigenvalue weighted by atomic mass is 19.3. The van der Waals surface area contributed by atoms with Crippen molar-refractivity contribution in [1.29, 1.82) is 10.5 Å². The van der Waals surface area contributed by atoms with Crippen LogP contribution in [0.2, 0.25) is 0 Å². The molecule has 3 aliphatic rings. The van der Waals surface area contributed by atoms with Crippen LogP contribution in [0.1, 0.15) is 41.8 Å². The molecule has 10 heteroatoms. The molecule has 0 aliphatic heterocycles. The molecule has 0 atom stereocenters. The second-order valence-corrected chi connectivity index (χ2v) is 9.56. The van der Waals surface area contributed by atoms with E-state index in [1.807, 2.05) is 32.0 Å². The Morgan fingerprint density at radius 3 is 2.43 bits per heavy atom. The average molecular weight is 476 g/mol. The van der Waals surface area contributed by atoms with Gasteiger partial charge >= 0.3 is 0 Å². The van der Waals surface area contributed by atoms with E-state index in [0.29, 0.717) is 36.4 Å². The van der Waals surface area contributed by atoms with Gasteiger partial charge in [0, 0.05) is 11.6 Å². The van der Waals surface area contributed by atoms with Crippen molar-refractivity contribution in [3.8, 4) is 23.8 Å². The van der Waals surface area contributed by atoms with Crippen LogP contribution in [-0.4, -0.2) is 31.5 Å². The molecule has 0 saturated heterocycles. The molecule has 3 aliphatic carbocycles. The molecule has 2 heterocycles. The van der Waals surface area contributed by atoms with E-state index in [2.05, 4.69) is 26.3 Å². The second kappa shape index (κ2) is 8.02. The van der Waals surface area contributed by atoms with Crippen LogP contribution >= 0.6 is 0 Å². The highest BCUT2D eigenvalue weighted by Crippen LogP contribution is 2.67. The zero-order valence-corrected chi connectivity index (χ0v) is 19.6. The van der Waals surface area contributed by atoms with E-state index in [1.54, 1.807) is 13.0 Å². The number of benzene rings is 1. The first-order valence-corrected chi connectivity index (χ1v) is 11.2. The van der Waals surface area contributed by atoms with Crippen LogP contribution in [-0.2, 0) is 6.54 Å². The van der Waals surface area contributed by atoms with Gasteiger partial charge in [-0.15, -0.1) is 0 Å². The van der Waals surface area contributed by atoms with E-state index in [0.717, 1.165) is 16.7 Å². The molecule has 1 aromatic carbocycles. The third kappa shape index (κ3) is 3.85. The third-order valence-corrected chi connectivity index (χ3v) is 6.75. The SMILES string of the molecule is Cc1cc(/C=C/C#N)cc(C)c1Oc1nc(NC23CC(C#N)(C2)C3)nc2c1nc(C)n2CC(F)F. The maximum atomic E-state index is 13.3. The van der Waals surface area contributed by atoms with Crippen molar-refractivity contribution in [3.05, 3.63) is 40.7 Å². The number of hydrogen-bond acceptors (Lipinski definition) is 7. The zero-order chi connectivity index (χ0) is 25.0. The fourth-order valence-corrected chi connectivity index (χ4v) is 5.32. The molecule has 2 bridgehead atoms. The number of aryl methyl sites for hydroxylation is 3. The lowest BCUT2D eigenvalue weighted by Crippen LogP contribution is -2.70. The van der Waals surface area contributed by atoms with Gasteiger partial charge in [-0.1, -0.05) is 0 Å². The highest BCUT2D eigenvalue weighted by Gasteiger charge is 2.69. The summed E-state index contributed by atoms with van der Waals surface area (Å²) in [7, 11) is 0. The first-order chi connectivity index (χ1) is 16.7. The first-order valence-electron chi connectivity index (χ1n) is 11.2. The molecule has 0 radical (unpaired) electrons. The number of anilines is 1. The summed E-state index contributed by atoms with van der Waals surface area (Å²) in [6.45, 7) is 4.87. The summed E-state index contributed by atoms with van der Waals surface area (Å²) in [6.07, 6.45) is 2.66. The molecule has 0 spiro atoms. The number of rotatable bonds is 7. The standard InChI is InChI=1S/C25H23F2N7O/c1-14-7-17(5-4-6-28)8-15(2)20(14)35-22-19-21(34(9-18(26)27)16(3)30-19)31-23(32-22)33-25-10-24(11-25,12-25)13-29/h4-5,7-8,18H,9-12H2,1-3H3,(H,31,32,33)/b5-4+. The van der Waals surface area contributed by atoms with Crippen molar-refractivity contribution < 1.29 is 13.5 Å². The van der Waals surface area contributed by atoms with Crippen molar-refractivity contribution >= 4 is 23.2 Å². The fraction of sp³-hybridized carbons (Fsp3) is 0.400. The predicted molar refractivity (Wildman–Crippen MR) is 125 cm³/mol. The van der Waals surface area contributed by atoms with Gasteiger partial charge in [0.25, 0.3) is 12.3 Å². The largest absolute Gasteiger partial charge is 0.436 e. The molecule has 1 N–H and O–H groups in total. The van der Waals surface area contributed by atoms with Crippen molar-refractivity contribution in [3.63, 3.8) is 0 Å². The first kappa shape index (κ1) is 22.7. The Morgan fingerprint density at radius 2 is 1.83 bits per heavy atom. The Labute approximate surface area is 200 Å². The molecule has 6 rings (SSSR count). The van der Waals surface area contributed by atoms with E-state index >= 15 is 0 Å². The van der Waals surface area contributed by atoms with E-state index in [9.17, 15) is 14.0 Å². The molecule has 0 unspecified atom stereocenters. The number of aromatic nitrogens is 4. The lowest BCUT2D eigenvalue weighted by atomic mass is 9.40. The number of allylic oxidation sites excluding steroid dienone is 1. The average Bonchev–Trinajstić information content (AvgIpc) is 3.05. The smallest absolute Gasteiger partial charge is 0.256 e. The van der Waals surface area contributed by atoms with Gasteiger partial charge < -0.3 is 14.6 Å². The third-order valence-electron chi connectivity index (χ3n) is 6.75. The normalized spacial score (nSPS) is 22.5. The van der Waals surface area contributed by atoms with Crippen LogP contribution in [0.4, 0.5) is 14.7 Å². The van der Waals surface area contributed by atoms with E-state index < -0.39 is 13.0 Å². The summed E-state index contributed by atoms with van der Waals surface area (Å²) in [6, 6.07) is 8.12. The Hall–Kier alpha value is -4.05. The molecule has 2 aromatic heterocycles. The van der Waals surface area contributed by atoms with E-state index in [-0.39, 0.29) is 28.4 Å². The summed E-state index contributed by atoms with van der Waals surface area (Å²) in [5.74, 6) is 1.39. The molecule has 3 fully saturated rings. The van der Waals surface area contributed by atoms with Crippen molar-refractivity contribution in [2.24, 2.45) is 5.41 Å². The van der Waals surface area contributed by atoms with Crippen LogP contribution in [0, 0.1) is 48.8 Å². The van der Waals surface area contributed by atoms with Crippen LogP contribution < -0.4 is 10.1 Å². The van der Waals surface area contributed by atoms with Crippen LogP contribution in [0.25, 0.3) is 17.2 Å². The predicted octanol–water partition coefficient (Wildman–Crippen LogP) is 5.20. The van der Waals surface area contributed by atoms with Gasteiger partial charge in [-0.2, -0.15) is 20.5 Å². The van der Waals surface area contributed by atoms with Crippen molar-refractivity contribution in [1.82, 2.24) is 19.5 Å². The molecular formula is C25H23F2N7O. The summed E-state index contributed by atoms with van der Waals surface area (Å²) in [4.78, 5) is 13.6. The maximum Gasteiger partial charge on any atom is 0.256 e. The van der Waals surface area contributed by atoms with Gasteiger partial charge in [-0.05, 0) is 74.9 Å². The minimum Gasteiger partial charge on any atom is -0.436 e. The van der Waals surface area contributed by atoms with Gasteiger partial charge in [-0.25, -0.2) is 13.8 Å². The summed E-state index contributed by atoms with van der Waals surface area (Å²) in [5, 5.41) is 21.5. The van der Waals surface area contributed by atoms with Crippen LogP contribution in [0.5, 0.6) is 11.6 Å². The molecule has 0 amide bonds. The molecule has 3 aromatic rings. The van der Waals surface area contributed by atoms with E-state index in [1.165, 1.54) is 10.6 Å². The Morgan fingerprint density at radius 1 is 1.14 bits per heavy atom. The number of halogens is 2. The topological polar surface area (TPSA) is 112 Å². The molecule has 8 nitrogen and oxygen atoms in total. The van der Waals surface area contributed by atoms with Crippen molar-refractivity contribution in [2.45, 2.75) is 58.5 Å². The lowest BCUT2D eigenvalue weighted by Gasteiger charge is -2.66. The van der Waals surface area contributed by atoms with Crippen LogP contribution in [0.3, 0.4) is 0 Å². The molecule has 35 heavy (non-hydrogen) atoms. The fourth-order valence-electron chi connectivity index (χ4n) is 5.32. The summed E-state index contributed by atoms with van der Waals surface area (Å²) < 4.78 is 34.2. The van der Waals surface area contributed by atoms with Gasteiger partial charge in [-0.3, -0.25) is 0 Å². The molecular weight excluding hydrogens is 452 g/mol. The molecule has 3 saturated carbocycles. The van der Waals surface area contributed by atoms with E-state index in [4.69, 9.17) is 10.00 Å². The maximum absolute atomic E-state index is 13.3. The Balaban J connectivity index is 1.56. The number of hydrogen-bond donors (Lipinski definition) is 1. The number of nitrogens with one attached hydrogen (secondary N) is 1. The highest BCUT2D eigenvalue weighted by molar-refractivity contribution is 5.79. The number of fused-ring (bicyclic) bond motifs is 1. The zero-order valence-electron chi connectivity index (χ0n) is 19.6. The Bertz CT molecular complexity index is 1420. The summed E-state index contributed by atoms with van der Waals surface area (Å²) >= 11 is 0. The Kier molecular flexibility index (Phi) is 5.21. The minimum absolute atomic E-state index is 0.168. The number of ether oxygens (including phenoxy) is 1. The number of imidazole rings is 1. The minimum atomic E-state index is -2.58. The van der Waals surface area contributed by atoms with Gasteiger partial charge in [0.15, 0.2) is 11.2 Å². The molecule has 178 valence electrons. The quantitative estimate of drug-likeness (QED) is 0.467. The van der Waals surface area contributed by atoms with Gasteiger partial charge in [0.1, 0.15) is 11.6 Å². The summed E-state index contributed by atoms with van der Waals surface area (Å²) in [5.41, 5.74) is 2.56. The monoisotopic (exact) mass is 475 g/mol. The van der Waals surface area contributed by atoms with Crippen LogP contribution in [0.15, 0.2) is 18.2 Å². The number of alkyl halides is 2.